The van der Waals surface area contributed by atoms with Gasteiger partial charge in [0.25, 0.3) is 0 Å². The van der Waals surface area contributed by atoms with E-state index in [0.717, 1.165) is 5.56 Å². The van der Waals surface area contributed by atoms with Gasteiger partial charge in [-0.2, -0.15) is 4.98 Å². The first kappa shape index (κ1) is 14.8. The Balaban J connectivity index is 1.50. The minimum Gasteiger partial charge on any atom is -0.347 e. The number of tetrazole rings is 1. The minimum atomic E-state index is -0.152. The molecule has 0 atom stereocenters. The van der Waals surface area contributed by atoms with E-state index in [4.69, 9.17) is 4.52 Å². The van der Waals surface area contributed by atoms with Gasteiger partial charge >= 0.3 is 0 Å². The van der Waals surface area contributed by atoms with Crippen molar-refractivity contribution < 1.29 is 9.32 Å². The second kappa shape index (κ2) is 6.73. The summed E-state index contributed by atoms with van der Waals surface area (Å²) in [5.41, 5.74) is 0.753. The molecule has 0 saturated heterocycles. The van der Waals surface area contributed by atoms with Crippen LogP contribution in [-0.2, 0) is 17.9 Å². The fraction of sp³-hybridized carbons (Fsp3) is 0.308. The van der Waals surface area contributed by atoms with E-state index in [1.165, 1.54) is 0 Å². The number of pyridine rings is 1. The van der Waals surface area contributed by atoms with Crippen LogP contribution in [0.15, 0.2) is 29.0 Å². The predicted octanol–water partition coefficient (Wildman–Crippen LogP) is 0.133. The van der Waals surface area contributed by atoms with E-state index in [-0.39, 0.29) is 18.9 Å². The molecule has 3 aromatic rings. The van der Waals surface area contributed by atoms with Crippen LogP contribution in [0.25, 0.3) is 11.4 Å². The summed E-state index contributed by atoms with van der Waals surface area (Å²) in [6, 6.07) is 3.61. The SMILES string of the molecule is Cc1nnnn1CCC(=O)NCc1nc(-c2cccnc2)no1. The molecular formula is C13H14N8O2. The normalized spacial score (nSPS) is 10.7. The molecule has 118 valence electrons. The van der Waals surface area contributed by atoms with Gasteiger partial charge in [0.05, 0.1) is 13.1 Å². The third-order valence-corrected chi connectivity index (χ3v) is 3.09. The molecule has 0 bridgehead atoms. The zero-order chi connectivity index (χ0) is 16.1. The van der Waals surface area contributed by atoms with Gasteiger partial charge in [-0.3, -0.25) is 9.78 Å². The number of hydrogen-bond donors (Lipinski definition) is 1. The number of rotatable bonds is 6. The van der Waals surface area contributed by atoms with E-state index in [1.54, 1.807) is 30.1 Å². The van der Waals surface area contributed by atoms with Crippen molar-refractivity contribution in [2.45, 2.75) is 26.4 Å². The third kappa shape index (κ3) is 3.73. The summed E-state index contributed by atoms with van der Waals surface area (Å²) < 4.78 is 6.66. The quantitative estimate of drug-likeness (QED) is 0.681. The van der Waals surface area contributed by atoms with Gasteiger partial charge < -0.3 is 9.84 Å². The monoisotopic (exact) mass is 314 g/mol. The van der Waals surface area contributed by atoms with Crippen LogP contribution in [0.1, 0.15) is 18.1 Å². The topological polar surface area (TPSA) is 125 Å². The lowest BCUT2D eigenvalue weighted by Gasteiger charge is -2.02. The number of nitrogens with zero attached hydrogens (tertiary/aromatic N) is 7. The molecule has 10 heteroatoms. The summed E-state index contributed by atoms with van der Waals surface area (Å²) >= 11 is 0. The summed E-state index contributed by atoms with van der Waals surface area (Å²) in [7, 11) is 0. The standard InChI is InChI=1S/C13H14N8O2/c1-9-17-19-20-21(9)6-4-11(22)15-8-12-16-13(18-23-12)10-3-2-5-14-7-10/h2-3,5,7H,4,6,8H2,1H3,(H,15,22). The molecule has 0 aliphatic carbocycles. The molecule has 0 spiro atoms. The fourth-order valence-electron chi connectivity index (χ4n) is 1.86. The van der Waals surface area contributed by atoms with Crippen LogP contribution >= 0.6 is 0 Å². The van der Waals surface area contributed by atoms with Gasteiger partial charge in [-0.1, -0.05) is 5.16 Å². The molecular weight excluding hydrogens is 300 g/mol. The zero-order valence-electron chi connectivity index (χ0n) is 12.4. The number of aromatic nitrogens is 7. The van der Waals surface area contributed by atoms with Crippen LogP contribution in [0.5, 0.6) is 0 Å². The Morgan fingerprint density at radius 3 is 3.09 bits per heavy atom. The Morgan fingerprint density at radius 2 is 2.35 bits per heavy atom. The molecule has 0 aromatic carbocycles. The van der Waals surface area contributed by atoms with Crippen LogP contribution in [0, 0.1) is 6.92 Å². The van der Waals surface area contributed by atoms with E-state index in [1.807, 2.05) is 6.07 Å². The maximum Gasteiger partial charge on any atom is 0.246 e. The van der Waals surface area contributed by atoms with E-state index in [9.17, 15) is 4.79 Å². The molecule has 0 fully saturated rings. The second-order valence-electron chi connectivity index (χ2n) is 4.73. The van der Waals surface area contributed by atoms with E-state index >= 15 is 0 Å². The lowest BCUT2D eigenvalue weighted by atomic mass is 10.3. The van der Waals surface area contributed by atoms with Crippen molar-refractivity contribution >= 4 is 5.91 Å². The molecule has 3 aromatic heterocycles. The molecule has 0 aliphatic heterocycles. The first-order valence-corrected chi connectivity index (χ1v) is 6.95. The van der Waals surface area contributed by atoms with Gasteiger partial charge in [0, 0.05) is 24.4 Å². The van der Waals surface area contributed by atoms with Gasteiger partial charge in [0.2, 0.25) is 17.6 Å². The number of carbonyl (C=O) groups is 1. The second-order valence-corrected chi connectivity index (χ2v) is 4.73. The molecule has 0 aliphatic rings. The van der Waals surface area contributed by atoms with Crippen LogP contribution < -0.4 is 5.32 Å². The largest absolute Gasteiger partial charge is 0.347 e. The van der Waals surface area contributed by atoms with Crippen LogP contribution in [0.2, 0.25) is 0 Å². The molecule has 1 N–H and O–H groups in total. The van der Waals surface area contributed by atoms with Crippen molar-refractivity contribution in [1.82, 2.24) is 40.6 Å². The highest BCUT2D eigenvalue weighted by Crippen LogP contribution is 2.13. The van der Waals surface area contributed by atoms with Crippen molar-refractivity contribution in [2.24, 2.45) is 0 Å². The number of aryl methyl sites for hydroxylation is 2. The van der Waals surface area contributed by atoms with Crippen molar-refractivity contribution in [1.29, 1.82) is 0 Å². The van der Waals surface area contributed by atoms with Gasteiger partial charge in [-0.15, -0.1) is 5.10 Å². The van der Waals surface area contributed by atoms with Crippen molar-refractivity contribution in [3.05, 3.63) is 36.2 Å². The maximum atomic E-state index is 11.8. The minimum absolute atomic E-state index is 0.152. The van der Waals surface area contributed by atoms with E-state index < -0.39 is 0 Å². The van der Waals surface area contributed by atoms with Gasteiger partial charge in [-0.05, 0) is 29.5 Å². The number of nitrogens with one attached hydrogen (secondary N) is 1. The van der Waals surface area contributed by atoms with E-state index in [2.05, 4.69) is 36.0 Å². The lowest BCUT2D eigenvalue weighted by Crippen LogP contribution is -2.24. The van der Waals surface area contributed by atoms with E-state index in [0.29, 0.717) is 24.1 Å². The Labute approximate surface area is 130 Å². The molecule has 23 heavy (non-hydrogen) atoms. The highest BCUT2D eigenvalue weighted by molar-refractivity contribution is 5.75. The fourth-order valence-corrected chi connectivity index (χ4v) is 1.86. The van der Waals surface area contributed by atoms with Gasteiger partial charge in [0.15, 0.2) is 0 Å². The summed E-state index contributed by atoms with van der Waals surface area (Å²) in [6.45, 7) is 2.35. The van der Waals surface area contributed by atoms with Crippen LogP contribution in [0.3, 0.4) is 0 Å². The first-order chi connectivity index (χ1) is 11.2. The van der Waals surface area contributed by atoms with Gasteiger partial charge in [0.1, 0.15) is 5.82 Å². The average Bonchev–Trinajstić information content (AvgIpc) is 3.21. The Bertz CT molecular complexity index is 782. The summed E-state index contributed by atoms with van der Waals surface area (Å²) in [5, 5.41) is 17.6. The Morgan fingerprint density at radius 1 is 1.43 bits per heavy atom. The van der Waals surface area contributed by atoms with Crippen molar-refractivity contribution in [3.8, 4) is 11.4 Å². The smallest absolute Gasteiger partial charge is 0.246 e. The van der Waals surface area contributed by atoms with Crippen molar-refractivity contribution in [2.75, 3.05) is 0 Å². The van der Waals surface area contributed by atoms with Crippen LogP contribution in [0.4, 0.5) is 0 Å². The lowest BCUT2D eigenvalue weighted by molar-refractivity contribution is -0.121. The average molecular weight is 314 g/mol. The Kier molecular flexibility index (Phi) is 4.32. The van der Waals surface area contributed by atoms with Gasteiger partial charge in [-0.25, -0.2) is 4.68 Å². The summed E-state index contributed by atoms with van der Waals surface area (Å²) in [5.74, 6) is 1.28. The maximum absolute atomic E-state index is 11.8. The molecule has 3 rings (SSSR count). The molecule has 1 amide bonds. The molecule has 0 saturated carbocycles. The molecule has 0 unspecified atom stereocenters. The molecule has 10 nitrogen and oxygen atoms in total. The highest BCUT2D eigenvalue weighted by atomic mass is 16.5. The molecule has 0 radical (unpaired) electrons. The Hall–Kier alpha value is -3.17. The predicted molar refractivity (Wildman–Crippen MR) is 76.5 cm³/mol. The summed E-state index contributed by atoms with van der Waals surface area (Å²) in [4.78, 5) is 20.0. The first-order valence-electron chi connectivity index (χ1n) is 6.95. The number of hydrogen-bond acceptors (Lipinski definition) is 8. The van der Waals surface area contributed by atoms with Crippen molar-refractivity contribution in [3.63, 3.8) is 0 Å². The third-order valence-electron chi connectivity index (χ3n) is 3.09. The summed E-state index contributed by atoms with van der Waals surface area (Å²) in [6.07, 6.45) is 3.56. The number of carbonyl (C=O) groups excluding carboxylic acids is 1. The molecule has 3 heterocycles. The van der Waals surface area contributed by atoms with Crippen LogP contribution in [-0.4, -0.2) is 41.2 Å². The number of amides is 1. The highest BCUT2D eigenvalue weighted by Gasteiger charge is 2.10. The zero-order valence-corrected chi connectivity index (χ0v) is 12.4.